The van der Waals surface area contributed by atoms with Crippen LogP contribution in [0.2, 0.25) is 0 Å². The highest BCUT2D eigenvalue weighted by atomic mass is 16.4. The van der Waals surface area contributed by atoms with Gasteiger partial charge in [0.1, 0.15) is 0 Å². The van der Waals surface area contributed by atoms with Crippen LogP contribution < -0.4 is 5.32 Å². The predicted octanol–water partition coefficient (Wildman–Crippen LogP) is 2.03. The molecular weight excluding hydrogens is 232 g/mol. The van der Waals surface area contributed by atoms with E-state index in [4.69, 9.17) is 5.11 Å². The molecule has 0 aromatic carbocycles. The fraction of sp³-hybridized carbons (Fsp3) is 0.846. The molecule has 0 aromatic rings. The zero-order chi connectivity index (χ0) is 14.5. The minimum absolute atomic E-state index is 0.00405. The minimum Gasteiger partial charge on any atom is -0.481 e. The number of rotatable bonds is 6. The number of carbonyl (C=O) groups is 2. The van der Waals surface area contributed by atoms with E-state index in [0.717, 1.165) is 0 Å². The van der Waals surface area contributed by atoms with Crippen molar-refractivity contribution in [1.29, 1.82) is 0 Å². The lowest BCUT2D eigenvalue weighted by Crippen LogP contribution is -2.46. The van der Waals surface area contributed by atoms with Gasteiger partial charge in [-0.2, -0.15) is 0 Å². The Morgan fingerprint density at radius 3 is 1.94 bits per heavy atom. The van der Waals surface area contributed by atoms with Gasteiger partial charge < -0.3 is 15.3 Å². The van der Waals surface area contributed by atoms with Crippen molar-refractivity contribution in [2.45, 2.75) is 40.7 Å². The van der Waals surface area contributed by atoms with Gasteiger partial charge in [0.15, 0.2) is 0 Å². The fourth-order valence-corrected chi connectivity index (χ4v) is 1.56. The van der Waals surface area contributed by atoms with Gasteiger partial charge in [-0.3, -0.25) is 4.79 Å². The summed E-state index contributed by atoms with van der Waals surface area (Å²) in [5, 5.41) is 11.7. The Morgan fingerprint density at radius 1 is 1.11 bits per heavy atom. The largest absolute Gasteiger partial charge is 0.481 e. The molecule has 0 rings (SSSR count). The first kappa shape index (κ1) is 16.7. The Bertz CT molecular complexity index is 290. The zero-order valence-electron chi connectivity index (χ0n) is 12.2. The highest BCUT2D eigenvalue weighted by Crippen LogP contribution is 2.11. The minimum atomic E-state index is -0.870. The molecule has 0 radical (unpaired) electrons. The summed E-state index contributed by atoms with van der Waals surface area (Å²) in [5.41, 5.74) is 0. The number of aliphatic carboxylic acids is 1. The molecule has 106 valence electrons. The standard InChI is InChI=1S/C13H26N2O3/c1-8(2)10(5)15(6)13(18)14-7-11(9(3)4)12(16)17/h8-11H,7H2,1-6H3,(H,14,18)(H,16,17). The molecule has 0 fully saturated rings. The highest BCUT2D eigenvalue weighted by Gasteiger charge is 2.24. The molecule has 0 aliphatic rings. The molecule has 0 saturated carbocycles. The highest BCUT2D eigenvalue weighted by molar-refractivity contribution is 5.76. The van der Waals surface area contributed by atoms with Crippen LogP contribution in [0.4, 0.5) is 4.79 Å². The van der Waals surface area contributed by atoms with E-state index in [2.05, 4.69) is 5.32 Å². The molecular formula is C13H26N2O3. The predicted molar refractivity (Wildman–Crippen MR) is 71.4 cm³/mol. The van der Waals surface area contributed by atoms with Crippen molar-refractivity contribution in [3.8, 4) is 0 Å². The molecule has 0 aliphatic carbocycles. The van der Waals surface area contributed by atoms with Crippen LogP contribution in [0.3, 0.4) is 0 Å². The van der Waals surface area contributed by atoms with Crippen LogP contribution in [0.1, 0.15) is 34.6 Å². The summed E-state index contributed by atoms with van der Waals surface area (Å²) in [6.45, 7) is 9.91. The molecule has 18 heavy (non-hydrogen) atoms. The SMILES string of the molecule is CC(C)C(CNC(=O)N(C)C(C)C(C)C)C(=O)O. The summed E-state index contributed by atoms with van der Waals surface area (Å²) < 4.78 is 0. The smallest absolute Gasteiger partial charge is 0.317 e. The number of amides is 2. The van der Waals surface area contributed by atoms with Crippen molar-refractivity contribution in [2.75, 3.05) is 13.6 Å². The van der Waals surface area contributed by atoms with Crippen molar-refractivity contribution in [3.63, 3.8) is 0 Å². The summed E-state index contributed by atoms with van der Waals surface area (Å²) in [7, 11) is 1.73. The fourth-order valence-electron chi connectivity index (χ4n) is 1.56. The summed E-state index contributed by atoms with van der Waals surface area (Å²) >= 11 is 0. The maximum absolute atomic E-state index is 11.9. The number of hydrogen-bond donors (Lipinski definition) is 2. The summed E-state index contributed by atoms with van der Waals surface area (Å²) in [4.78, 5) is 24.5. The average molecular weight is 258 g/mol. The van der Waals surface area contributed by atoms with Gasteiger partial charge in [0.05, 0.1) is 5.92 Å². The lowest BCUT2D eigenvalue weighted by atomic mass is 9.96. The number of carboxylic acids is 1. The van der Waals surface area contributed by atoms with E-state index in [9.17, 15) is 9.59 Å². The van der Waals surface area contributed by atoms with Crippen molar-refractivity contribution in [2.24, 2.45) is 17.8 Å². The third-order valence-corrected chi connectivity index (χ3v) is 3.49. The van der Waals surface area contributed by atoms with Crippen LogP contribution in [0.15, 0.2) is 0 Å². The monoisotopic (exact) mass is 258 g/mol. The number of carboxylic acid groups (broad SMARTS) is 1. The number of carbonyl (C=O) groups excluding carboxylic acids is 1. The summed E-state index contributed by atoms with van der Waals surface area (Å²) in [6.07, 6.45) is 0. The first-order valence-electron chi connectivity index (χ1n) is 6.41. The Morgan fingerprint density at radius 2 is 1.61 bits per heavy atom. The van der Waals surface area contributed by atoms with Crippen LogP contribution in [-0.2, 0) is 4.79 Å². The first-order valence-corrected chi connectivity index (χ1v) is 6.41. The van der Waals surface area contributed by atoms with Crippen molar-refractivity contribution in [1.82, 2.24) is 10.2 Å². The first-order chi connectivity index (χ1) is 8.18. The second-order valence-corrected chi connectivity index (χ2v) is 5.47. The maximum Gasteiger partial charge on any atom is 0.317 e. The van der Waals surface area contributed by atoms with Gasteiger partial charge in [-0.1, -0.05) is 27.7 Å². The van der Waals surface area contributed by atoms with E-state index in [-0.39, 0.29) is 24.5 Å². The molecule has 2 unspecified atom stereocenters. The lowest BCUT2D eigenvalue weighted by Gasteiger charge is -2.29. The van der Waals surface area contributed by atoms with E-state index in [1.165, 1.54) is 0 Å². The van der Waals surface area contributed by atoms with E-state index in [0.29, 0.717) is 5.92 Å². The summed E-state index contributed by atoms with van der Waals surface area (Å²) in [6, 6.07) is -0.101. The summed E-state index contributed by atoms with van der Waals surface area (Å²) in [5.74, 6) is -1.06. The molecule has 0 aliphatic heterocycles. The lowest BCUT2D eigenvalue weighted by molar-refractivity contribution is -0.142. The van der Waals surface area contributed by atoms with Crippen LogP contribution in [0, 0.1) is 17.8 Å². The quantitative estimate of drug-likeness (QED) is 0.766. The van der Waals surface area contributed by atoms with Crippen LogP contribution in [0.25, 0.3) is 0 Å². The Labute approximate surface area is 110 Å². The van der Waals surface area contributed by atoms with Gasteiger partial charge in [-0.25, -0.2) is 4.79 Å². The molecule has 2 N–H and O–H groups in total. The second kappa shape index (κ2) is 7.24. The van der Waals surface area contributed by atoms with Crippen molar-refractivity contribution < 1.29 is 14.7 Å². The van der Waals surface area contributed by atoms with Crippen LogP contribution in [-0.4, -0.2) is 41.6 Å². The molecule has 0 spiro atoms. The molecule has 0 heterocycles. The van der Waals surface area contributed by atoms with E-state index in [1.807, 2.05) is 34.6 Å². The Balaban J connectivity index is 4.36. The number of nitrogens with one attached hydrogen (secondary N) is 1. The third-order valence-electron chi connectivity index (χ3n) is 3.49. The van der Waals surface area contributed by atoms with Gasteiger partial charge in [-0.15, -0.1) is 0 Å². The normalized spacial score (nSPS) is 14.4. The topological polar surface area (TPSA) is 69.6 Å². The van der Waals surface area contributed by atoms with E-state index in [1.54, 1.807) is 11.9 Å². The zero-order valence-corrected chi connectivity index (χ0v) is 12.2. The Hall–Kier alpha value is -1.26. The third kappa shape index (κ3) is 4.94. The van der Waals surface area contributed by atoms with Gasteiger partial charge >= 0.3 is 12.0 Å². The molecule has 0 saturated heterocycles. The molecule has 0 bridgehead atoms. The second-order valence-electron chi connectivity index (χ2n) is 5.47. The molecule has 2 amide bonds. The van der Waals surface area contributed by atoms with Gasteiger partial charge in [0, 0.05) is 19.6 Å². The molecule has 2 atom stereocenters. The number of hydrogen-bond acceptors (Lipinski definition) is 2. The molecule has 0 aromatic heterocycles. The van der Waals surface area contributed by atoms with Crippen LogP contribution >= 0.6 is 0 Å². The van der Waals surface area contributed by atoms with Gasteiger partial charge in [0.2, 0.25) is 0 Å². The molecule has 5 nitrogen and oxygen atoms in total. The average Bonchev–Trinajstić information content (AvgIpc) is 2.25. The van der Waals surface area contributed by atoms with Crippen LogP contribution in [0.5, 0.6) is 0 Å². The maximum atomic E-state index is 11.9. The Kier molecular flexibility index (Phi) is 6.73. The van der Waals surface area contributed by atoms with E-state index >= 15 is 0 Å². The van der Waals surface area contributed by atoms with Crippen molar-refractivity contribution >= 4 is 12.0 Å². The molecule has 5 heteroatoms. The number of nitrogens with zero attached hydrogens (tertiary/aromatic N) is 1. The van der Waals surface area contributed by atoms with E-state index < -0.39 is 11.9 Å². The van der Waals surface area contributed by atoms with Gasteiger partial charge in [0.25, 0.3) is 0 Å². The van der Waals surface area contributed by atoms with Crippen molar-refractivity contribution in [3.05, 3.63) is 0 Å². The number of urea groups is 1. The van der Waals surface area contributed by atoms with Gasteiger partial charge in [-0.05, 0) is 18.8 Å².